The lowest BCUT2D eigenvalue weighted by atomic mass is 10.1. The van der Waals surface area contributed by atoms with E-state index in [2.05, 4.69) is 4.98 Å². The molecule has 96 valence electrons. The quantitative estimate of drug-likeness (QED) is 0.920. The van der Waals surface area contributed by atoms with E-state index in [4.69, 9.17) is 0 Å². The SMILES string of the molecule is CCC(CO)c1nc(-c2ccc(F)cc2F)cs1. The molecule has 2 rings (SSSR count). The molecule has 0 fully saturated rings. The Morgan fingerprint density at radius 3 is 2.78 bits per heavy atom. The van der Waals surface area contributed by atoms with E-state index in [-0.39, 0.29) is 18.1 Å². The largest absolute Gasteiger partial charge is 0.396 e. The van der Waals surface area contributed by atoms with Crippen LogP contribution in [0.1, 0.15) is 24.3 Å². The number of benzene rings is 1. The summed E-state index contributed by atoms with van der Waals surface area (Å²) in [5, 5.41) is 11.7. The van der Waals surface area contributed by atoms with Gasteiger partial charge in [0.15, 0.2) is 0 Å². The minimum absolute atomic E-state index is 0.0211. The van der Waals surface area contributed by atoms with Crippen molar-refractivity contribution in [3.05, 3.63) is 40.2 Å². The van der Waals surface area contributed by atoms with Gasteiger partial charge in [0.2, 0.25) is 0 Å². The van der Waals surface area contributed by atoms with E-state index >= 15 is 0 Å². The molecule has 1 unspecified atom stereocenters. The first-order valence-corrected chi connectivity index (χ1v) is 6.55. The molecule has 1 aromatic carbocycles. The Balaban J connectivity index is 2.34. The molecular weight excluding hydrogens is 256 g/mol. The highest BCUT2D eigenvalue weighted by molar-refractivity contribution is 7.10. The third kappa shape index (κ3) is 2.57. The maximum atomic E-state index is 13.6. The molecule has 1 atom stereocenters. The molecule has 2 nitrogen and oxygen atoms in total. The molecule has 0 radical (unpaired) electrons. The van der Waals surface area contributed by atoms with Gasteiger partial charge in [-0.2, -0.15) is 0 Å². The maximum absolute atomic E-state index is 13.6. The Hall–Kier alpha value is -1.33. The molecule has 0 saturated heterocycles. The Labute approximate surface area is 108 Å². The molecule has 0 spiro atoms. The predicted octanol–water partition coefficient (Wildman–Crippen LogP) is 3.57. The zero-order chi connectivity index (χ0) is 13.1. The summed E-state index contributed by atoms with van der Waals surface area (Å²) in [5.41, 5.74) is 0.770. The average Bonchev–Trinajstić information content (AvgIpc) is 2.80. The van der Waals surface area contributed by atoms with Crippen LogP contribution in [-0.4, -0.2) is 16.7 Å². The lowest BCUT2D eigenvalue weighted by Crippen LogP contribution is -2.01. The Morgan fingerprint density at radius 1 is 1.39 bits per heavy atom. The van der Waals surface area contributed by atoms with Crippen LogP contribution in [0.4, 0.5) is 8.78 Å². The van der Waals surface area contributed by atoms with Gasteiger partial charge in [-0.1, -0.05) is 6.92 Å². The van der Waals surface area contributed by atoms with Crippen LogP contribution in [0.5, 0.6) is 0 Å². The number of thiazole rings is 1. The number of halogens is 2. The van der Waals surface area contributed by atoms with Gasteiger partial charge in [0.05, 0.1) is 17.3 Å². The van der Waals surface area contributed by atoms with Crippen LogP contribution in [0.3, 0.4) is 0 Å². The summed E-state index contributed by atoms with van der Waals surface area (Å²) in [5.74, 6) is -1.25. The van der Waals surface area contributed by atoms with Crippen molar-refractivity contribution in [3.63, 3.8) is 0 Å². The van der Waals surface area contributed by atoms with E-state index in [1.807, 2.05) is 6.92 Å². The lowest BCUT2D eigenvalue weighted by Gasteiger charge is -2.06. The van der Waals surface area contributed by atoms with Crippen LogP contribution < -0.4 is 0 Å². The molecule has 18 heavy (non-hydrogen) atoms. The normalized spacial score (nSPS) is 12.7. The van der Waals surface area contributed by atoms with E-state index in [0.717, 1.165) is 17.5 Å². The minimum atomic E-state index is -0.621. The fourth-order valence-corrected chi connectivity index (χ4v) is 2.67. The first kappa shape index (κ1) is 13.1. The number of hydrogen-bond acceptors (Lipinski definition) is 3. The van der Waals surface area contributed by atoms with Crippen molar-refractivity contribution >= 4 is 11.3 Å². The summed E-state index contributed by atoms with van der Waals surface area (Å²) in [7, 11) is 0. The van der Waals surface area contributed by atoms with Gasteiger partial charge >= 0.3 is 0 Å². The highest BCUT2D eigenvalue weighted by Crippen LogP contribution is 2.29. The van der Waals surface area contributed by atoms with Crippen LogP contribution in [0.2, 0.25) is 0 Å². The average molecular weight is 269 g/mol. The van der Waals surface area contributed by atoms with Crippen LogP contribution in [-0.2, 0) is 0 Å². The summed E-state index contributed by atoms with van der Waals surface area (Å²) in [6.07, 6.45) is 0.773. The van der Waals surface area contributed by atoms with Crippen molar-refractivity contribution in [3.8, 4) is 11.3 Å². The van der Waals surface area contributed by atoms with Crippen LogP contribution in [0.25, 0.3) is 11.3 Å². The van der Waals surface area contributed by atoms with E-state index in [1.165, 1.54) is 23.5 Å². The summed E-state index contributed by atoms with van der Waals surface area (Å²) >= 11 is 1.38. The molecule has 0 saturated carbocycles. The predicted molar refractivity (Wildman–Crippen MR) is 67.6 cm³/mol. The van der Waals surface area contributed by atoms with Gasteiger partial charge in [-0.25, -0.2) is 13.8 Å². The van der Waals surface area contributed by atoms with Gasteiger partial charge in [0.1, 0.15) is 11.6 Å². The monoisotopic (exact) mass is 269 g/mol. The number of aliphatic hydroxyl groups excluding tert-OH is 1. The van der Waals surface area contributed by atoms with Crippen LogP contribution >= 0.6 is 11.3 Å². The number of aliphatic hydroxyl groups is 1. The molecule has 0 bridgehead atoms. The third-order valence-corrected chi connectivity index (χ3v) is 3.80. The second-order valence-corrected chi connectivity index (χ2v) is 4.87. The molecule has 1 aromatic heterocycles. The summed E-state index contributed by atoms with van der Waals surface area (Å²) < 4.78 is 26.4. The van der Waals surface area contributed by atoms with Gasteiger partial charge < -0.3 is 5.11 Å². The minimum Gasteiger partial charge on any atom is -0.396 e. The van der Waals surface area contributed by atoms with Gasteiger partial charge in [-0.05, 0) is 18.6 Å². The fourth-order valence-electron chi connectivity index (χ4n) is 1.68. The number of rotatable bonds is 4. The molecule has 5 heteroatoms. The molecule has 0 aliphatic heterocycles. The molecular formula is C13H13F2NOS. The molecule has 0 amide bonds. The van der Waals surface area contributed by atoms with Gasteiger partial charge in [-0.3, -0.25) is 0 Å². The fraction of sp³-hybridized carbons (Fsp3) is 0.308. The molecule has 0 aliphatic rings. The van der Waals surface area contributed by atoms with Crippen LogP contribution in [0, 0.1) is 11.6 Å². The first-order valence-electron chi connectivity index (χ1n) is 5.67. The zero-order valence-corrected chi connectivity index (χ0v) is 10.7. The third-order valence-electron chi connectivity index (χ3n) is 2.79. The van der Waals surface area contributed by atoms with Crippen molar-refractivity contribution in [2.75, 3.05) is 6.61 Å². The van der Waals surface area contributed by atoms with Crippen LogP contribution in [0.15, 0.2) is 23.6 Å². The first-order chi connectivity index (χ1) is 8.65. The van der Waals surface area contributed by atoms with Crippen molar-refractivity contribution in [2.45, 2.75) is 19.3 Å². The van der Waals surface area contributed by atoms with Crippen molar-refractivity contribution in [2.24, 2.45) is 0 Å². The standard InChI is InChI=1S/C13H13F2NOS/c1-2-8(6-17)13-16-12(7-18-13)10-4-3-9(14)5-11(10)15/h3-5,7-8,17H,2,6H2,1H3. The van der Waals surface area contributed by atoms with E-state index in [9.17, 15) is 13.9 Å². The summed E-state index contributed by atoms with van der Waals surface area (Å²) in [6.45, 7) is 1.98. The maximum Gasteiger partial charge on any atom is 0.135 e. The smallest absolute Gasteiger partial charge is 0.135 e. The van der Waals surface area contributed by atoms with Crippen molar-refractivity contribution in [1.29, 1.82) is 0 Å². The number of nitrogens with zero attached hydrogens (tertiary/aromatic N) is 1. The second kappa shape index (κ2) is 5.54. The Kier molecular flexibility index (Phi) is 4.04. The number of aromatic nitrogens is 1. The second-order valence-electron chi connectivity index (χ2n) is 3.98. The van der Waals surface area contributed by atoms with Gasteiger partial charge in [0.25, 0.3) is 0 Å². The van der Waals surface area contributed by atoms with Crippen molar-refractivity contribution in [1.82, 2.24) is 4.98 Å². The number of hydrogen-bond donors (Lipinski definition) is 1. The van der Waals surface area contributed by atoms with E-state index in [0.29, 0.717) is 5.69 Å². The van der Waals surface area contributed by atoms with Gasteiger partial charge in [0, 0.05) is 22.9 Å². The van der Waals surface area contributed by atoms with E-state index in [1.54, 1.807) is 5.38 Å². The highest BCUT2D eigenvalue weighted by Gasteiger charge is 2.15. The lowest BCUT2D eigenvalue weighted by molar-refractivity contribution is 0.262. The molecule has 0 aliphatic carbocycles. The zero-order valence-electron chi connectivity index (χ0n) is 9.86. The highest BCUT2D eigenvalue weighted by atomic mass is 32.1. The summed E-state index contributed by atoms with van der Waals surface area (Å²) in [6, 6.07) is 3.43. The Bertz CT molecular complexity index is 538. The molecule has 1 heterocycles. The Morgan fingerprint density at radius 2 is 2.17 bits per heavy atom. The summed E-state index contributed by atoms with van der Waals surface area (Å²) in [4.78, 5) is 4.31. The molecule has 2 aromatic rings. The molecule has 1 N–H and O–H groups in total. The van der Waals surface area contributed by atoms with E-state index < -0.39 is 11.6 Å². The topological polar surface area (TPSA) is 33.1 Å². The van der Waals surface area contributed by atoms with Gasteiger partial charge in [-0.15, -0.1) is 11.3 Å². The van der Waals surface area contributed by atoms with Crippen molar-refractivity contribution < 1.29 is 13.9 Å².